The highest BCUT2D eigenvalue weighted by molar-refractivity contribution is 5.03. The van der Waals surface area contributed by atoms with Crippen LogP contribution < -0.4 is 5.56 Å². The molecule has 1 saturated heterocycles. The zero-order chi connectivity index (χ0) is 11.8. The maximum absolute atomic E-state index is 12.3. The van der Waals surface area contributed by atoms with Gasteiger partial charge in [0, 0.05) is 12.7 Å². The van der Waals surface area contributed by atoms with Crippen LogP contribution in [0.5, 0.6) is 0 Å². The Morgan fingerprint density at radius 1 is 1.56 bits per heavy atom. The number of aromatic amines is 1. The number of aromatic nitrogens is 2. The molecule has 1 aromatic heterocycles. The molecule has 1 atom stereocenters. The Balaban J connectivity index is 2.15. The minimum absolute atomic E-state index is 0.148. The second-order valence-electron chi connectivity index (χ2n) is 3.75. The van der Waals surface area contributed by atoms with E-state index in [1.807, 2.05) is 5.10 Å². The average Bonchev–Trinajstić information content (AvgIpc) is 2.76. The van der Waals surface area contributed by atoms with E-state index in [4.69, 9.17) is 4.74 Å². The molecule has 16 heavy (non-hydrogen) atoms. The molecule has 2 heterocycles. The predicted octanol–water partition coefficient (Wildman–Crippen LogP) is 1.37. The van der Waals surface area contributed by atoms with Gasteiger partial charge in [0.2, 0.25) is 0 Å². The van der Waals surface area contributed by atoms with Crippen molar-refractivity contribution in [2.45, 2.75) is 31.7 Å². The van der Waals surface area contributed by atoms with Crippen LogP contribution in [0.15, 0.2) is 10.9 Å². The van der Waals surface area contributed by atoms with Crippen LogP contribution in [0.4, 0.5) is 13.2 Å². The van der Waals surface area contributed by atoms with E-state index in [9.17, 15) is 18.0 Å². The van der Waals surface area contributed by atoms with Crippen molar-refractivity contribution >= 4 is 0 Å². The van der Waals surface area contributed by atoms with Gasteiger partial charge in [-0.25, -0.2) is 0 Å². The third kappa shape index (κ3) is 2.29. The molecule has 0 saturated carbocycles. The first-order valence-electron chi connectivity index (χ1n) is 4.95. The van der Waals surface area contributed by atoms with Crippen molar-refractivity contribution in [1.82, 2.24) is 9.78 Å². The second-order valence-corrected chi connectivity index (χ2v) is 3.75. The molecular weight excluding hydrogens is 225 g/mol. The average molecular weight is 236 g/mol. The maximum atomic E-state index is 12.3. The largest absolute Gasteiger partial charge is 0.432 e. The summed E-state index contributed by atoms with van der Waals surface area (Å²) in [6.45, 7) is 0.751. The minimum Gasteiger partial charge on any atom is -0.376 e. The number of rotatable bonds is 2. The van der Waals surface area contributed by atoms with Crippen molar-refractivity contribution < 1.29 is 17.9 Å². The SMILES string of the molecule is O=c1cc(C(F)(F)F)[nH]n1C[C@H]1CCCO1. The summed E-state index contributed by atoms with van der Waals surface area (Å²) >= 11 is 0. The Labute approximate surface area is 89.0 Å². The monoisotopic (exact) mass is 236 g/mol. The van der Waals surface area contributed by atoms with Gasteiger partial charge in [0.25, 0.3) is 5.56 Å². The third-order valence-corrected chi connectivity index (χ3v) is 2.50. The molecular formula is C9H11F3N2O2. The van der Waals surface area contributed by atoms with Gasteiger partial charge in [-0.1, -0.05) is 0 Å². The lowest BCUT2D eigenvalue weighted by molar-refractivity contribution is -0.141. The molecule has 90 valence electrons. The van der Waals surface area contributed by atoms with Crippen LogP contribution in [0.25, 0.3) is 0 Å². The third-order valence-electron chi connectivity index (χ3n) is 2.50. The van der Waals surface area contributed by atoms with Crippen molar-refractivity contribution in [1.29, 1.82) is 0 Å². The lowest BCUT2D eigenvalue weighted by Crippen LogP contribution is -2.24. The molecule has 2 rings (SSSR count). The molecule has 0 radical (unpaired) electrons. The molecule has 0 spiro atoms. The second kappa shape index (κ2) is 3.97. The molecule has 1 aliphatic heterocycles. The van der Waals surface area contributed by atoms with Gasteiger partial charge in [-0.3, -0.25) is 14.6 Å². The highest BCUT2D eigenvalue weighted by Crippen LogP contribution is 2.26. The molecule has 1 aliphatic rings. The van der Waals surface area contributed by atoms with Gasteiger partial charge in [-0.2, -0.15) is 13.2 Å². The number of halogens is 3. The van der Waals surface area contributed by atoms with Crippen molar-refractivity contribution in [3.05, 3.63) is 22.1 Å². The van der Waals surface area contributed by atoms with Gasteiger partial charge in [0.05, 0.1) is 12.6 Å². The number of nitrogens with one attached hydrogen (secondary N) is 1. The van der Waals surface area contributed by atoms with E-state index in [1.54, 1.807) is 0 Å². The van der Waals surface area contributed by atoms with Gasteiger partial charge in [-0.15, -0.1) is 0 Å². The molecule has 1 N–H and O–H groups in total. The fourth-order valence-electron chi connectivity index (χ4n) is 1.71. The number of ether oxygens (including phenoxy) is 1. The Morgan fingerprint density at radius 3 is 2.81 bits per heavy atom. The highest BCUT2D eigenvalue weighted by atomic mass is 19.4. The molecule has 7 heteroatoms. The molecule has 0 unspecified atom stereocenters. The number of alkyl halides is 3. The van der Waals surface area contributed by atoms with Crippen molar-refractivity contribution in [2.75, 3.05) is 6.61 Å². The van der Waals surface area contributed by atoms with Crippen LogP contribution in [-0.2, 0) is 17.5 Å². The number of H-pyrrole nitrogens is 1. The molecule has 1 fully saturated rings. The van der Waals surface area contributed by atoms with Gasteiger partial charge >= 0.3 is 6.18 Å². The first kappa shape index (κ1) is 11.3. The topological polar surface area (TPSA) is 47.0 Å². The zero-order valence-corrected chi connectivity index (χ0v) is 8.38. The maximum Gasteiger partial charge on any atom is 0.432 e. The quantitative estimate of drug-likeness (QED) is 0.843. The molecule has 0 bridgehead atoms. The number of hydrogen-bond donors (Lipinski definition) is 1. The van der Waals surface area contributed by atoms with E-state index in [-0.39, 0.29) is 12.6 Å². The smallest absolute Gasteiger partial charge is 0.376 e. The Hall–Kier alpha value is -1.24. The molecule has 0 amide bonds. The molecule has 0 aromatic carbocycles. The Morgan fingerprint density at radius 2 is 2.31 bits per heavy atom. The summed E-state index contributed by atoms with van der Waals surface area (Å²) in [6.07, 6.45) is -3.03. The van der Waals surface area contributed by atoms with E-state index in [1.165, 1.54) is 0 Å². The van der Waals surface area contributed by atoms with Gasteiger partial charge < -0.3 is 4.74 Å². The first-order valence-corrected chi connectivity index (χ1v) is 4.95. The van der Waals surface area contributed by atoms with Crippen molar-refractivity contribution in [3.63, 3.8) is 0 Å². The van der Waals surface area contributed by atoms with Crippen molar-refractivity contribution in [2.24, 2.45) is 0 Å². The van der Waals surface area contributed by atoms with E-state index in [0.29, 0.717) is 12.7 Å². The highest BCUT2D eigenvalue weighted by Gasteiger charge is 2.33. The fraction of sp³-hybridized carbons (Fsp3) is 0.667. The predicted molar refractivity (Wildman–Crippen MR) is 49.0 cm³/mol. The summed E-state index contributed by atoms with van der Waals surface area (Å²) < 4.78 is 43.0. The first-order chi connectivity index (χ1) is 7.47. The molecule has 0 aliphatic carbocycles. The summed E-state index contributed by atoms with van der Waals surface area (Å²) in [5.41, 5.74) is -1.70. The van der Waals surface area contributed by atoms with E-state index in [0.717, 1.165) is 17.5 Å². The number of hydrogen-bond acceptors (Lipinski definition) is 2. The zero-order valence-electron chi connectivity index (χ0n) is 8.38. The van der Waals surface area contributed by atoms with E-state index in [2.05, 4.69) is 0 Å². The minimum atomic E-state index is -4.51. The molecule has 4 nitrogen and oxygen atoms in total. The lowest BCUT2D eigenvalue weighted by atomic mass is 10.2. The fourth-order valence-corrected chi connectivity index (χ4v) is 1.71. The Bertz CT molecular complexity index is 415. The molecule has 1 aromatic rings. The summed E-state index contributed by atoms with van der Waals surface area (Å²) in [7, 11) is 0. The summed E-state index contributed by atoms with van der Waals surface area (Å²) in [4.78, 5) is 11.3. The van der Waals surface area contributed by atoms with Crippen LogP contribution in [0.3, 0.4) is 0 Å². The van der Waals surface area contributed by atoms with Crippen molar-refractivity contribution in [3.8, 4) is 0 Å². The normalized spacial score (nSPS) is 21.6. The van der Waals surface area contributed by atoms with Crippen LogP contribution >= 0.6 is 0 Å². The van der Waals surface area contributed by atoms with Gasteiger partial charge in [0.15, 0.2) is 0 Å². The summed E-state index contributed by atoms with van der Waals surface area (Å²) in [5.74, 6) is 0. The van der Waals surface area contributed by atoms with Crippen LogP contribution in [-0.4, -0.2) is 22.5 Å². The van der Waals surface area contributed by atoms with Gasteiger partial charge in [-0.05, 0) is 12.8 Å². The Kier molecular flexibility index (Phi) is 2.79. The van der Waals surface area contributed by atoms with Crippen LogP contribution in [0.1, 0.15) is 18.5 Å². The van der Waals surface area contributed by atoms with Crippen LogP contribution in [0, 0.1) is 0 Å². The van der Waals surface area contributed by atoms with E-state index < -0.39 is 17.4 Å². The van der Waals surface area contributed by atoms with Crippen LogP contribution in [0.2, 0.25) is 0 Å². The summed E-state index contributed by atoms with van der Waals surface area (Å²) in [5, 5.41) is 2.05. The number of nitrogens with zero attached hydrogens (tertiary/aromatic N) is 1. The van der Waals surface area contributed by atoms with E-state index >= 15 is 0 Å². The standard InChI is InChI=1S/C9H11F3N2O2/c10-9(11,12)7-4-8(15)14(13-7)5-6-2-1-3-16-6/h4,6,13H,1-3,5H2/t6-/m1/s1. The lowest BCUT2D eigenvalue weighted by Gasteiger charge is -2.09. The summed E-state index contributed by atoms with van der Waals surface area (Å²) in [6, 6.07) is 0.564. The van der Waals surface area contributed by atoms with Gasteiger partial charge in [0.1, 0.15) is 5.69 Å².